The largest absolute Gasteiger partial charge is 0.495 e. The lowest BCUT2D eigenvalue weighted by atomic mass is 10.3. The molecule has 136 valence electrons. The van der Waals surface area contributed by atoms with E-state index < -0.39 is 0 Å². The maximum atomic E-state index is 5.81. The summed E-state index contributed by atoms with van der Waals surface area (Å²) in [6, 6.07) is 3.75. The molecule has 0 aromatic carbocycles. The van der Waals surface area contributed by atoms with Gasteiger partial charge in [-0.25, -0.2) is 14.0 Å². The molecular formula is C16H17N5O4S. The molecule has 10 heteroatoms. The van der Waals surface area contributed by atoms with E-state index in [2.05, 4.69) is 15.2 Å². The number of ether oxygens (including phenoxy) is 4. The molecule has 26 heavy (non-hydrogen) atoms. The third-order valence-electron chi connectivity index (χ3n) is 3.75. The number of rotatable bonds is 7. The number of imidazole rings is 1. The number of hydrogen-bond donors (Lipinski definition) is 0. The molecule has 0 N–H and O–H groups in total. The van der Waals surface area contributed by atoms with Crippen LogP contribution in [0.25, 0.3) is 21.9 Å². The fraction of sp³-hybridized carbons (Fsp3) is 0.312. The van der Waals surface area contributed by atoms with Crippen LogP contribution >= 0.6 is 11.3 Å². The second kappa shape index (κ2) is 6.81. The van der Waals surface area contributed by atoms with Crippen molar-refractivity contribution in [2.45, 2.75) is 0 Å². The van der Waals surface area contributed by atoms with E-state index in [4.69, 9.17) is 18.9 Å². The molecule has 0 radical (unpaired) electrons. The summed E-state index contributed by atoms with van der Waals surface area (Å²) >= 11 is 1.37. The molecule has 0 aliphatic heterocycles. The Morgan fingerprint density at radius 3 is 2.58 bits per heavy atom. The summed E-state index contributed by atoms with van der Waals surface area (Å²) in [5.74, 6) is 1.32. The Hall–Kier alpha value is -2.85. The standard InChI is InChI=1S/C16H17N5O4S/c1-22-4-5-25-14-6-10(23-2)8-20-13(14)7-11(18-20)12-9-21-15(17-12)26-16(19-21)24-3/h6-9H,4-5H2,1-3H3. The average molecular weight is 375 g/mol. The van der Waals surface area contributed by atoms with Gasteiger partial charge >= 0.3 is 0 Å². The molecule has 4 heterocycles. The molecule has 0 saturated heterocycles. The Labute approximate surface area is 152 Å². The molecule has 0 bridgehead atoms. The lowest BCUT2D eigenvalue weighted by Crippen LogP contribution is -2.05. The number of aromatic nitrogens is 5. The lowest BCUT2D eigenvalue weighted by molar-refractivity contribution is 0.146. The van der Waals surface area contributed by atoms with Crippen LogP contribution in [0.1, 0.15) is 0 Å². The van der Waals surface area contributed by atoms with Gasteiger partial charge in [-0.05, 0) is 17.4 Å². The van der Waals surface area contributed by atoms with Crippen molar-refractivity contribution in [1.29, 1.82) is 0 Å². The van der Waals surface area contributed by atoms with E-state index in [0.29, 0.717) is 35.6 Å². The van der Waals surface area contributed by atoms with Crippen LogP contribution in [0.4, 0.5) is 0 Å². The SMILES string of the molecule is COCCOc1cc(OC)cn2nc(-c3cn4nc(OC)sc4n3)cc12. The van der Waals surface area contributed by atoms with Gasteiger partial charge < -0.3 is 18.9 Å². The maximum Gasteiger partial charge on any atom is 0.294 e. The predicted octanol–water partition coefficient (Wildman–Crippen LogP) is 2.15. The second-order valence-corrected chi connectivity index (χ2v) is 6.29. The van der Waals surface area contributed by atoms with Gasteiger partial charge in [-0.3, -0.25) is 0 Å². The quantitative estimate of drug-likeness (QED) is 0.458. The minimum atomic E-state index is 0.434. The highest BCUT2D eigenvalue weighted by Gasteiger charge is 2.15. The Morgan fingerprint density at radius 2 is 1.85 bits per heavy atom. The Kier molecular flexibility index (Phi) is 4.35. The molecule has 0 fully saturated rings. The predicted molar refractivity (Wildman–Crippen MR) is 95.5 cm³/mol. The van der Waals surface area contributed by atoms with Gasteiger partial charge in [-0.1, -0.05) is 0 Å². The van der Waals surface area contributed by atoms with Gasteiger partial charge in [-0.2, -0.15) is 5.10 Å². The zero-order valence-electron chi connectivity index (χ0n) is 14.5. The molecule has 0 spiro atoms. The van der Waals surface area contributed by atoms with Crippen LogP contribution in [-0.2, 0) is 4.74 Å². The van der Waals surface area contributed by atoms with Crippen LogP contribution in [0.3, 0.4) is 0 Å². The van der Waals surface area contributed by atoms with Gasteiger partial charge in [-0.15, -0.1) is 5.10 Å². The second-order valence-electron chi connectivity index (χ2n) is 5.37. The van der Waals surface area contributed by atoms with Gasteiger partial charge in [0, 0.05) is 13.2 Å². The molecule has 4 aromatic heterocycles. The first kappa shape index (κ1) is 16.6. The molecule has 9 nitrogen and oxygen atoms in total. The Bertz CT molecular complexity index is 1020. The van der Waals surface area contributed by atoms with Gasteiger partial charge in [0.15, 0.2) is 0 Å². The summed E-state index contributed by atoms with van der Waals surface area (Å²) in [4.78, 5) is 5.30. The minimum absolute atomic E-state index is 0.434. The van der Waals surface area contributed by atoms with E-state index in [1.807, 2.05) is 18.3 Å². The first-order chi connectivity index (χ1) is 12.7. The highest BCUT2D eigenvalue weighted by atomic mass is 32.1. The molecular weight excluding hydrogens is 358 g/mol. The van der Waals surface area contributed by atoms with Gasteiger partial charge in [0.2, 0.25) is 4.96 Å². The first-order valence-electron chi connectivity index (χ1n) is 7.81. The topological polar surface area (TPSA) is 84.4 Å². The zero-order valence-corrected chi connectivity index (χ0v) is 15.3. The van der Waals surface area contributed by atoms with E-state index in [-0.39, 0.29) is 0 Å². The lowest BCUT2D eigenvalue weighted by Gasteiger charge is -2.09. The van der Waals surface area contributed by atoms with Crippen LogP contribution in [0.15, 0.2) is 24.5 Å². The fourth-order valence-electron chi connectivity index (χ4n) is 2.51. The summed E-state index contributed by atoms with van der Waals surface area (Å²) in [5.41, 5.74) is 2.25. The van der Waals surface area contributed by atoms with Crippen LogP contribution < -0.4 is 14.2 Å². The summed E-state index contributed by atoms with van der Waals surface area (Å²) in [7, 11) is 4.82. The van der Waals surface area contributed by atoms with Crippen LogP contribution in [0.5, 0.6) is 16.7 Å². The van der Waals surface area contributed by atoms with Crippen molar-refractivity contribution in [1.82, 2.24) is 24.2 Å². The van der Waals surface area contributed by atoms with Crippen molar-refractivity contribution in [3.63, 3.8) is 0 Å². The number of fused-ring (bicyclic) bond motifs is 2. The smallest absolute Gasteiger partial charge is 0.294 e. The summed E-state index contributed by atoms with van der Waals surface area (Å²) in [5, 5.41) is 9.44. The van der Waals surface area contributed by atoms with Gasteiger partial charge in [0.05, 0.1) is 33.2 Å². The number of hydrogen-bond acceptors (Lipinski definition) is 8. The van der Waals surface area contributed by atoms with Crippen molar-refractivity contribution in [2.75, 3.05) is 34.5 Å². The molecule has 0 aliphatic rings. The molecule has 0 saturated carbocycles. The number of nitrogens with zero attached hydrogens (tertiary/aromatic N) is 5. The van der Waals surface area contributed by atoms with Crippen molar-refractivity contribution in [3.05, 3.63) is 24.5 Å². The fourth-order valence-corrected chi connectivity index (χ4v) is 3.21. The first-order valence-corrected chi connectivity index (χ1v) is 8.63. The molecule has 4 rings (SSSR count). The summed E-state index contributed by atoms with van der Waals surface area (Å²) < 4.78 is 24.7. The van der Waals surface area contributed by atoms with Crippen molar-refractivity contribution >= 4 is 21.8 Å². The summed E-state index contributed by atoms with van der Waals surface area (Å²) in [6.45, 7) is 0.930. The van der Waals surface area contributed by atoms with Crippen molar-refractivity contribution in [3.8, 4) is 28.1 Å². The highest BCUT2D eigenvalue weighted by molar-refractivity contribution is 7.18. The number of methoxy groups -OCH3 is 3. The molecule has 0 aliphatic carbocycles. The van der Waals surface area contributed by atoms with E-state index in [1.165, 1.54) is 11.3 Å². The molecule has 0 amide bonds. The zero-order chi connectivity index (χ0) is 18.1. The van der Waals surface area contributed by atoms with Crippen LogP contribution in [0, 0.1) is 0 Å². The monoisotopic (exact) mass is 375 g/mol. The van der Waals surface area contributed by atoms with Crippen molar-refractivity contribution in [2.24, 2.45) is 0 Å². The maximum absolute atomic E-state index is 5.81. The summed E-state index contributed by atoms with van der Waals surface area (Å²) in [6.07, 6.45) is 3.61. The van der Waals surface area contributed by atoms with Gasteiger partial charge in [0.25, 0.3) is 5.19 Å². The Morgan fingerprint density at radius 1 is 0.962 bits per heavy atom. The molecule has 4 aromatic rings. The van der Waals surface area contributed by atoms with Gasteiger partial charge in [0.1, 0.15) is 35.0 Å². The van der Waals surface area contributed by atoms with E-state index in [1.54, 1.807) is 36.6 Å². The average Bonchev–Trinajstić information content (AvgIpc) is 3.33. The normalized spacial score (nSPS) is 11.3. The molecule has 0 unspecified atom stereocenters. The highest BCUT2D eigenvalue weighted by Crippen LogP contribution is 2.30. The minimum Gasteiger partial charge on any atom is -0.495 e. The Balaban J connectivity index is 1.74. The third kappa shape index (κ3) is 2.93. The van der Waals surface area contributed by atoms with E-state index in [0.717, 1.165) is 16.2 Å². The van der Waals surface area contributed by atoms with Crippen LogP contribution in [-0.4, -0.2) is 58.8 Å². The molecule has 0 atom stereocenters. The van der Waals surface area contributed by atoms with E-state index in [9.17, 15) is 0 Å². The number of pyridine rings is 1. The third-order valence-corrected chi connectivity index (χ3v) is 4.64. The van der Waals surface area contributed by atoms with Crippen LogP contribution in [0.2, 0.25) is 0 Å². The van der Waals surface area contributed by atoms with Crippen molar-refractivity contribution < 1.29 is 18.9 Å². The van der Waals surface area contributed by atoms with E-state index >= 15 is 0 Å².